The maximum absolute atomic E-state index is 12.5. The molecule has 0 aliphatic carbocycles. The number of nitrogens with zero attached hydrogens (tertiary/aromatic N) is 2. The molecule has 0 saturated heterocycles. The third kappa shape index (κ3) is 3.28. The molecule has 1 aromatic carbocycles. The van der Waals surface area contributed by atoms with E-state index in [0.29, 0.717) is 56.8 Å². The molecule has 1 N–H and O–H groups in total. The fraction of sp³-hybridized carbons (Fsp3) is 0.150. The number of ether oxygens (including phenoxy) is 2. The van der Waals surface area contributed by atoms with Crippen LogP contribution in [0.5, 0.6) is 17.4 Å². The molecule has 0 bridgehead atoms. The van der Waals surface area contributed by atoms with E-state index in [-0.39, 0.29) is 5.88 Å². The van der Waals surface area contributed by atoms with Crippen molar-refractivity contribution in [3.63, 3.8) is 0 Å². The molecule has 4 heterocycles. The Morgan fingerprint density at radius 2 is 2.07 bits per heavy atom. The first kappa shape index (κ1) is 17.9. The van der Waals surface area contributed by atoms with E-state index in [2.05, 4.69) is 4.99 Å². The maximum Gasteiger partial charge on any atom is 0.277 e. The molecule has 0 fully saturated rings. The highest BCUT2D eigenvalue weighted by molar-refractivity contribution is 7.73. The highest BCUT2D eigenvalue weighted by Crippen LogP contribution is 2.30. The summed E-state index contributed by atoms with van der Waals surface area (Å²) in [6.07, 6.45) is 4.88. The number of carbonyl (C=O) groups excluding carboxylic acids is 1. The quantitative estimate of drug-likeness (QED) is 0.511. The Morgan fingerprint density at radius 1 is 1.28 bits per heavy atom. The van der Waals surface area contributed by atoms with E-state index < -0.39 is 5.91 Å². The first-order valence-corrected chi connectivity index (χ1v) is 10.0. The second-order valence-corrected chi connectivity index (χ2v) is 8.11. The van der Waals surface area contributed by atoms with Crippen molar-refractivity contribution in [1.29, 1.82) is 0 Å². The van der Waals surface area contributed by atoms with Crippen molar-refractivity contribution in [3.8, 4) is 17.4 Å². The molecule has 3 aromatic rings. The smallest absolute Gasteiger partial charge is 0.277 e. The average Bonchev–Trinajstić information content (AvgIpc) is 3.31. The summed E-state index contributed by atoms with van der Waals surface area (Å²) in [5.74, 6) is 1.46. The second-order valence-electron chi connectivity index (χ2n) is 6.44. The number of benzene rings is 1. The van der Waals surface area contributed by atoms with E-state index in [1.807, 2.05) is 0 Å². The molecular weight excluding hydrogens is 412 g/mol. The molecule has 2 aliphatic heterocycles. The van der Waals surface area contributed by atoms with Crippen LogP contribution >= 0.6 is 23.6 Å². The van der Waals surface area contributed by atoms with Crippen LogP contribution in [-0.2, 0) is 11.3 Å². The summed E-state index contributed by atoms with van der Waals surface area (Å²) in [4.78, 5) is 17.2. The number of thiazole rings is 1. The summed E-state index contributed by atoms with van der Waals surface area (Å²) in [6.45, 7) is 1.25. The third-order valence-electron chi connectivity index (χ3n) is 4.55. The number of hydrogen-bond donors (Lipinski definition) is 1. The van der Waals surface area contributed by atoms with Crippen LogP contribution in [-0.4, -0.2) is 28.8 Å². The molecule has 0 unspecified atom stereocenters. The second kappa shape index (κ2) is 7.02. The number of aromatic nitrogens is 1. The van der Waals surface area contributed by atoms with Gasteiger partial charge in [-0.25, -0.2) is 4.99 Å². The fourth-order valence-corrected chi connectivity index (χ4v) is 4.42. The minimum Gasteiger partial charge on any atom is -0.493 e. The van der Waals surface area contributed by atoms with E-state index in [4.69, 9.17) is 26.1 Å². The minimum atomic E-state index is -0.398. The van der Waals surface area contributed by atoms with Gasteiger partial charge in [-0.2, -0.15) is 0 Å². The first-order valence-electron chi connectivity index (χ1n) is 8.79. The van der Waals surface area contributed by atoms with Crippen molar-refractivity contribution in [3.05, 3.63) is 61.3 Å². The zero-order valence-corrected chi connectivity index (χ0v) is 16.6. The number of aromatic hydroxyl groups is 1. The molecule has 0 saturated carbocycles. The fourth-order valence-electron chi connectivity index (χ4n) is 3.16. The summed E-state index contributed by atoms with van der Waals surface area (Å²) in [5, 5.41) is 11.9. The van der Waals surface area contributed by atoms with E-state index >= 15 is 0 Å². The predicted molar refractivity (Wildman–Crippen MR) is 108 cm³/mol. The van der Waals surface area contributed by atoms with Crippen LogP contribution < -0.4 is 20.0 Å². The van der Waals surface area contributed by atoms with Crippen LogP contribution in [0.15, 0.2) is 45.5 Å². The molecule has 7 nitrogen and oxygen atoms in total. The molecule has 29 heavy (non-hydrogen) atoms. The SMILES string of the molecule is O=C1N=c2cc3c(cc2=C/C1=C/c1sc(=S)n(Cc2ccco2)c1O)OCCO3. The largest absolute Gasteiger partial charge is 0.493 e. The number of hydrogen-bond acceptors (Lipinski definition) is 7. The van der Waals surface area contributed by atoms with E-state index in [1.165, 1.54) is 11.3 Å². The summed E-state index contributed by atoms with van der Waals surface area (Å²) >= 11 is 6.58. The monoisotopic (exact) mass is 426 g/mol. The number of fused-ring (bicyclic) bond motifs is 2. The Morgan fingerprint density at radius 3 is 2.83 bits per heavy atom. The highest BCUT2D eigenvalue weighted by Gasteiger charge is 2.18. The molecule has 0 atom stereocenters. The minimum absolute atomic E-state index is 0.0157. The van der Waals surface area contributed by atoms with Gasteiger partial charge in [-0.1, -0.05) is 0 Å². The molecule has 5 rings (SSSR count). The lowest BCUT2D eigenvalue weighted by molar-refractivity contribution is -0.114. The van der Waals surface area contributed by atoms with Gasteiger partial charge in [0.2, 0.25) is 5.88 Å². The van der Waals surface area contributed by atoms with Gasteiger partial charge in [-0.15, -0.1) is 11.3 Å². The average molecular weight is 426 g/mol. The van der Waals surface area contributed by atoms with Gasteiger partial charge < -0.3 is 19.0 Å². The van der Waals surface area contributed by atoms with Gasteiger partial charge in [0.15, 0.2) is 15.5 Å². The van der Waals surface area contributed by atoms with E-state index in [1.54, 1.807) is 47.2 Å². The number of furan rings is 1. The lowest BCUT2D eigenvalue weighted by atomic mass is 10.1. The van der Waals surface area contributed by atoms with Crippen molar-refractivity contribution in [2.45, 2.75) is 6.54 Å². The highest BCUT2D eigenvalue weighted by atomic mass is 32.1. The predicted octanol–water partition coefficient (Wildman–Crippen LogP) is 2.42. The summed E-state index contributed by atoms with van der Waals surface area (Å²) in [7, 11) is 0. The van der Waals surface area contributed by atoms with Gasteiger partial charge in [0, 0.05) is 16.9 Å². The Kier molecular flexibility index (Phi) is 4.33. The summed E-state index contributed by atoms with van der Waals surface area (Å²) in [6, 6.07) is 7.08. The van der Waals surface area contributed by atoms with Gasteiger partial charge in [0.05, 0.1) is 23.0 Å². The van der Waals surface area contributed by atoms with Crippen molar-refractivity contribution in [1.82, 2.24) is 4.57 Å². The van der Waals surface area contributed by atoms with Crippen molar-refractivity contribution < 1.29 is 23.8 Å². The van der Waals surface area contributed by atoms with Crippen LogP contribution in [0.25, 0.3) is 12.2 Å². The zero-order chi connectivity index (χ0) is 20.0. The Labute approximate surface area is 173 Å². The Hall–Kier alpha value is -3.17. The summed E-state index contributed by atoms with van der Waals surface area (Å²) < 4.78 is 18.5. The molecule has 1 amide bonds. The summed E-state index contributed by atoms with van der Waals surface area (Å²) in [5.41, 5.74) is 0.353. The Bertz CT molecular complexity index is 1330. The molecule has 2 aliphatic rings. The van der Waals surface area contributed by atoms with Gasteiger partial charge in [-0.3, -0.25) is 9.36 Å². The van der Waals surface area contributed by atoms with Crippen molar-refractivity contribution in [2.75, 3.05) is 13.2 Å². The van der Waals surface area contributed by atoms with Crippen molar-refractivity contribution in [2.24, 2.45) is 4.99 Å². The maximum atomic E-state index is 12.5. The number of carbonyl (C=O) groups is 1. The Balaban J connectivity index is 1.56. The van der Waals surface area contributed by atoms with E-state index in [9.17, 15) is 9.90 Å². The van der Waals surface area contributed by atoms with Crippen LogP contribution in [0.3, 0.4) is 0 Å². The normalized spacial score (nSPS) is 16.3. The van der Waals surface area contributed by atoms with Crippen LogP contribution in [0.1, 0.15) is 10.6 Å². The van der Waals surface area contributed by atoms with Gasteiger partial charge >= 0.3 is 0 Å². The molecule has 0 spiro atoms. The van der Waals surface area contributed by atoms with Crippen LogP contribution in [0, 0.1) is 3.95 Å². The standard InChI is InChI=1S/C20H14N2O5S2/c23-18-12(6-11-7-15-16(9-14(11)21-18)27-5-4-26-15)8-17-19(24)22(20(28)29-17)10-13-2-1-3-25-13/h1-3,6-9,24H,4-5,10H2/b12-8-. The third-order valence-corrected chi connectivity index (χ3v) is 5.93. The molecule has 146 valence electrons. The first-order chi connectivity index (χ1) is 14.1. The van der Waals surface area contributed by atoms with Gasteiger partial charge in [-0.05, 0) is 42.6 Å². The molecular formula is C20H14N2O5S2. The number of amides is 1. The van der Waals surface area contributed by atoms with Crippen LogP contribution in [0.4, 0.5) is 0 Å². The zero-order valence-electron chi connectivity index (χ0n) is 15.0. The van der Waals surface area contributed by atoms with E-state index in [0.717, 1.165) is 5.22 Å². The lowest BCUT2D eigenvalue weighted by Gasteiger charge is -2.18. The number of rotatable bonds is 3. The topological polar surface area (TPSA) is 86.2 Å². The molecule has 9 heteroatoms. The van der Waals surface area contributed by atoms with Gasteiger partial charge in [0.1, 0.15) is 19.0 Å². The molecule has 0 radical (unpaired) electrons. The van der Waals surface area contributed by atoms with Crippen molar-refractivity contribution >= 4 is 41.6 Å². The van der Waals surface area contributed by atoms with Crippen LogP contribution in [0.2, 0.25) is 0 Å². The molecule has 2 aromatic heterocycles. The lowest BCUT2D eigenvalue weighted by Crippen LogP contribution is -2.32. The van der Waals surface area contributed by atoms with Gasteiger partial charge in [0.25, 0.3) is 5.91 Å².